The third kappa shape index (κ3) is 6.27. The van der Waals surface area contributed by atoms with Crippen LogP contribution in [0, 0.1) is 5.92 Å². The monoisotopic (exact) mass is 537 g/mol. The summed E-state index contributed by atoms with van der Waals surface area (Å²) in [7, 11) is -3.30. The lowest BCUT2D eigenvalue weighted by molar-refractivity contribution is -0.188. The fourth-order valence-electron chi connectivity index (χ4n) is 5.76. The SMILES string of the molecule is CCCON(CCC)C(=O)CN1C[C@H](c2ccc3c(c2)CCO3)[C@@H](C(=O)O)[C@@H]1CCN1CCCS1(=O)=O. The van der Waals surface area contributed by atoms with Crippen LogP contribution >= 0.6 is 0 Å². The van der Waals surface area contributed by atoms with E-state index in [1.54, 1.807) is 0 Å². The molecule has 1 aromatic carbocycles. The van der Waals surface area contributed by atoms with Crippen molar-refractivity contribution in [3.8, 4) is 5.75 Å². The summed E-state index contributed by atoms with van der Waals surface area (Å²) >= 11 is 0. The van der Waals surface area contributed by atoms with Crippen LogP contribution in [-0.2, 0) is 30.9 Å². The molecule has 0 radical (unpaired) electrons. The van der Waals surface area contributed by atoms with Gasteiger partial charge in [-0.05, 0) is 42.9 Å². The van der Waals surface area contributed by atoms with Crippen molar-refractivity contribution >= 4 is 21.9 Å². The Labute approximate surface area is 219 Å². The van der Waals surface area contributed by atoms with E-state index in [0.29, 0.717) is 45.7 Å². The lowest BCUT2D eigenvalue weighted by atomic mass is 9.83. The van der Waals surface area contributed by atoms with Gasteiger partial charge in [-0.2, -0.15) is 0 Å². The number of fused-ring (bicyclic) bond motifs is 1. The van der Waals surface area contributed by atoms with E-state index < -0.39 is 28.0 Å². The van der Waals surface area contributed by atoms with Crippen molar-refractivity contribution in [1.82, 2.24) is 14.3 Å². The lowest BCUT2D eigenvalue weighted by Crippen LogP contribution is -2.45. The standard InChI is InChI=1S/C26H39N3O7S/c1-3-10-29(36-13-4-2)24(30)18-27-17-21(19-6-7-23-20(16-19)9-14-35-23)25(26(31)32)22(27)8-12-28-11-5-15-37(28,33)34/h6-7,16,21-22,25H,3-5,8-15,17-18H2,1-2H3,(H,31,32)/t21-,22+,25-/m1/s1. The van der Waals surface area contributed by atoms with Crippen molar-refractivity contribution in [1.29, 1.82) is 0 Å². The Morgan fingerprint density at radius 1 is 1.24 bits per heavy atom. The van der Waals surface area contributed by atoms with Crippen molar-refractivity contribution in [2.75, 3.05) is 51.7 Å². The largest absolute Gasteiger partial charge is 0.493 e. The third-order valence-electron chi connectivity index (χ3n) is 7.55. The zero-order chi connectivity index (χ0) is 26.6. The lowest BCUT2D eigenvalue weighted by Gasteiger charge is -2.30. The molecule has 0 saturated carbocycles. The molecule has 2 saturated heterocycles. The van der Waals surface area contributed by atoms with Crippen LogP contribution in [-0.4, -0.2) is 97.4 Å². The number of carbonyl (C=O) groups excluding carboxylic acids is 1. The van der Waals surface area contributed by atoms with Crippen LogP contribution in [0.3, 0.4) is 0 Å². The highest BCUT2D eigenvalue weighted by molar-refractivity contribution is 7.89. The molecule has 0 unspecified atom stereocenters. The average Bonchev–Trinajstić information content (AvgIpc) is 3.56. The van der Waals surface area contributed by atoms with E-state index in [9.17, 15) is 23.1 Å². The minimum absolute atomic E-state index is 0.0233. The molecule has 0 bridgehead atoms. The first-order chi connectivity index (χ1) is 17.7. The Morgan fingerprint density at radius 2 is 2.05 bits per heavy atom. The maximum Gasteiger partial charge on any atom is 0.308 e. The first kappa shape index (κ1) is 27.8. The van der Waals surface area contributed by atoms with E-state index in [1.807, 2.05) is 36.9 Å². The van der Waals surface area contributed by atoms with Crippen molar-refractivity contribution in [3.63, 3.8) is 0 Å². The number of carboxylic acid groups (broad SMARTS) is 1. The molecule has 3 heterocycles. The van der Waals surface area contributed by atoms with Crippen LogP contribution in [0.1, 0.15) is 56.6 Å². The number of likely N-dealkylation sites (tertiary alicyclic amines) is 1. The molecule has 3 aliphatic heterocycles. The fourth-order valence-corrected chi connectivity index (χ4v) is 7.31. The van der Waals surface area contributed by atoms with Gasteiger partial charge in [-0.25, -0.2) is 17.8 Å². The molecule has 37 heavy (non-hydrogen) atoms. The van der Waals surface area contributed by atoms with Gasteiger partial charge in [0.05, 0.1) is 31.4 Å². The second kappa shape index (κ2) is 12.1. The smallest absolute Gasteiger partial charge is 0.308 e. The number of hydroxylamine groups is 2. The summed E-state index contributed by atoms with van der Waals surface area (Å²) in [5.41, 5.74) is 1.98. The van der Waals surface area contributed by atoms with Crippen molar-refractivity contribution in [2.24, 2.45) is 5.92 Å². The van der Waals surface area contributed by atoms with Crippen LogP contribution in [0.15, 0.2) is 18.2 Å². The Bertz CT molecular complexity index is 1080. The van der Waals surface area contributed by atoms with Gasteiger partial charge in [-0.1, -0.05) is 26.0 Å². The zero-order valence-corrected chi connectivity index (χ0v) is 22.6. The molecule has 10 nitrogen and oxygen atoms in total. The number of rotatable bonds is 12. The van der Waals surface area contributed by atoms with E-state index >= 15 is 0 Å². The molecule has 3 atom stereocenters. The Balaban J connectivity index is 1.59. The molecule has 2 fully saturated rings. The van der Waals surface area contributed by atoms with Gasteiger partial charge in [0.2, 0.25) is 10.0 Å². The predicted octanol–water partition coefficient (Wildman–Crippen LogP) is 2.10. The summed E-state index contributed by atoms with van der Waals surface area (Å²) in [5.74, 6) is -1.27. The van der Waals surface area contributed by atoms with Crippen molar-refractivity contribution < 1.29 is 32.7 Å². The van der Waals surface area contributed by atoms with E-state index in [-0.39, 0.29) is 30.7 Å². The summed E-state index contributed by atoms with van der Waals surface area (Å²) in [6, 6.07) is 5.37. The van der Waals surface area contributed by atoms with Crippen LogP contribution in [0.25, 0.3) is 0 Å². The van der Waals surface area contributed by atoms with E-state index in [4.69, 9.17) is 9.57 Å². The first-order valence-corrected chi connectivity index (χ1v) is 15.0. The van der Waals surface area contributed by atoms with Gasteiger partial charge in [-0.15, -0.1) is 0 Å². The normalized spacial score (nSPS) is 25.2. The Morgan fingerprint density at radius 3 is 2.73 bits per heavy atom. The molecule has 206 valence electrons. The van der Waals surface area contributed by atoms with Gasteiger partial charge in [0.25, 0.3) is 5.91 Å². The quantitative estimate of drug-likeness (QED) is 0.403. The number of sulfonamides is 1. The number of hydrogen-bond donors (Lipinski definition) is 1. The van der Waals surface area contributed by atoms with Gasteiger partial charge in [0.1, 0.15) is 5.75 Å². The molecule has 1 amide bonds. The van der Waals surface area contributed by atoms with Gasteiger partial charge in [0, 0.05) is 44.6 Å². The van der Waals surface area contributed by atoms with Crippen LogP contribution < -0.4 is 4.74 Å². The average molecular weight is 538 g/mol. The Kier molecular flexibility index (Phi) is 9.10. The van der Waals surface area contributed by atoms with Gasteiger partial charge in [0.15, 0.2) is 0 Å². The molecule has 0 spiro atoms. The van der Waals surface area contributed by atoms with Crippen LogP contribution in [0.4, 0.5) is 0 Å². The summed E-state index contributed by atoms with van der Waals surface area (Å²) in [4.78, 5) is 33.5. The highest BCUT2D eigenvalue weighted by Gasteiger charge is 2.47. The molecular weight excluding hydrogens is 498 g/mol. The van der Waals surface area contributed by atoms with Crippen molar-refractivity contribution in [2.45, 2.75) is 57.9 Å². The highest BCUT2D eigenvalue weighted by Crippen LogP contribution is 2.41. The number of amides is 1. The Hall–Kier alpha value is -2.21. The van der Waals surface area contributed by atoms with Crippen molar-refractivity contribution in [3.05, 3.63) is 29.3 Å². The first-order valence-electron chi connectivity index (χ1n) is 13.4. The number of nitrogens with zero attached hydrogens (tertiary/aromatic N) is 3. The summed E-state index contributed by atoms with van der Waals surface area (Å²) in [6.45, 7) is 6.57. The summed E-state index contributed by atoms with van der Waals surface area (Å²) < 4.78 is 31.9. The molecule has 0 aromatic heterocycles. The molecule has 11 heteroatoms. The predicted molar refractivity (Wildman–Crippen MR) is 138 cm³/mol. The number of ether oxygens (including phenoxy) is 1. The summed E-state index contributed by atoms with van der Waals surface area (Å²) in [5, 5.41) is 11.8. The van der Waals surface area contributed by atoms with Crippen LogP contribution in [0.2, 0.25) is 0 Å². The molecular formula is C26H39N3O7S. The number of aliphatic carboxylic acids is 1. The van der Waals surface area contributed by atoms with E-state index in [1.165, 1.54) is 9.37 Å². The van der Waals surface area contributed by atoms with Gasteiger partial charge in [-0.3, -0.25) is 19.3 Å². The minimum atomic E-state index is -3.30. The molecule has 0 aliphatic carbocycles. The zero-order valence-electron chi connectivity index (χ0n) is 21.8. The molecule has 1 aromatic rings. The topological polar surface area (TPSA) is 117 Å². The van der Waals surface area contributed by atoms with Gasteiger partial charge >= 0.3 is 5.97 Å². The molecule has 4 rings (SSSR count). The maximum absolute atomic E-state index is 13.3. The second-order valence-electron chi connectivity index (χ2n) is 10.1. The number of hydrogen-bond acceptors (Lipinski definition) is 7. The van der Waals surface area contributed by atoms with E-state index in [2.05, 4.69) is 0 Å². The minimum Gasteiger partial charge on any atom is -0.493 e. The molecule has 1 N–H and O–H groups in total. The second-order valence-corrected chi connectivity index (χ2v) is 12.2. The number of carbonyl (C=O) groups is 2. The summed E-state index contributed by atoms with van der Waals surface area (Å²) in [6.07, 6.45) is 3.22. The highest BCUT2D eigenvalue weighted by atomic mass is 32.2. The fraction of sp³-hybridized carbons (Fsp3) is 0.692. The van der Waals surface area contributed by atoms with Gasteiger partial charge < -0.3 is 9.84 Å². The molecule has 3 aliphatic rings. The van der Waals surface area contributed by atoms with Crippen LogP contribution in [0.5, 0.6) is 5.75 Å². The number of carboxylic acids is 1. The third-order valence-corrected chi connectivity index (χ3v) is 9.50. The number of benzene rings is 1. The van der Waals surface area contributed by atoms with E-state index in [0.717, 1.165) is 36.1 Å². The maximum atomic E-state index is 13.3.